The number of amides is 1. The quantitative estimate of drug-likeness (QED) is 0.755. The molecule has 6 nitrogen and oxygen atoms in total. The summed E-state index contributed by atoms with van der Waals surface area (Å²) in [5.41, 5.74) is 5.67. The zero-order chi connectivity index (χ0) is 14.8. The lowest BCUT2D eigenvalue weighted by Gasteiger charge is -2.21. The van der Waals surface area contributed by atoms with Crippen LogP contribution in [0, 0.1) is 6.92 Å². The fraction of sp³-hybridized carbons (Fsp3) is 0.417. The number of hydrogen-bond acceptors (Lipinski definition) is 4. The van der Waals surface area contributed by atoms with E-state index in [-0.39, 0.29) is 10.8 Å². The van der Waals surface area contributed by atoms with E-state index in [9.17, 15) is 13.2 Å². The fourth-order valence-corrected chi connectivity index (χ4v) is 2.23. The number of hydrogen-bond donors (Lipinski definition) is 3. The number of anilines is 1. The van der Waals surface area contributed by atoms with Crippen molar-refractivity contribution in [2.75, 3.05) is 5.32 Å². The molecular formula is C12H19N3O3S. The number of aryl methyl sites for hydroxylation is 1. The highest BCUT2D eigenvalue weighted by Crippen LogP contribution is 2.20. The molecule has 1 aromatic rings. The van der Waals surface area contributed by atoms with Crippen LogP contribution in [0.15, 0.2) is 23.1 Å². The lowest BCUT2D eigenvalue weighted by Crippen LogP contribution is -2.47. The molecule has 1 amide bonds. The van der Waals surface area contributed by atoms with Crippen molar-refractivity contribution in [3.8, 4) is 0 Å². The minimum absolute atomic E-state index is 0.0134. The smallest absolute Gasteiger partial charge is 0.244 e. The summed E-state index contributed by atoms with van der Waals surface area (Å²) in [5.74, 6) is -0.376. The van der Waals surface area contributed by atoms with Crippen LogP contribution in [-0.2, 0) is 14.8 Å². The predicted molar refractivity (Wildman–Crippen MR) is 74.1 cm³/mol. The first kappa shape index (κ1) is 15.6. The summed E-state index contributed by atoms with van der Waals surface area (Å²) in [5, 5.41) is 7.69. The second-order valence-electron chi connectivity index (χ2n) is 4.75. The molecule has 106 valence electrons. The highest BCUT2D eigenvalue weighted by atomic mass is 32.2. The van der Waals surface area contributed by atoms with Gasteiger partial charge in [0.2, 0.25) is 15.9 Å². The van der Waals surface area contributed by atoms with Crippen molar-refractivity contribution in [2.45, 2.75) is 37.6 Å². The first-order valence-corrected chi connectivity index (χ1v) is 7.36. The number of carbonyl (C=O) groups is 1. The van der Waals surface area contributed by atoms with Gasteiger partial charge in [-0.3, -0.25) is 4.79 Å². The van der Waals surface area contributed by atoms with Crippen LogP contribution in [0.2, 0.25) is 0 Å². The number of nitrogens with one attached hydrogen (secondary N) is 1. The Hall–Kier alpha value is -1.44. The summed E-state index contributed by atoms with van der Waals surface area (Å²) < 4.78 is 22.8. The van der Waals surface area contributed by atoms with Crippen LogP contribution in [0.1, 0.15) is 25.8 Å². The van der Waals surface area contributed by atoms with Gasteiger partial charge in [0, 0.05) is 5.69 Å². The Morgan fingerprint density at radius 2 is 2.00 bits per heavy atom. The molecule has 5 N–H and O–H groups in total. The van der Waals surface area contributed by atoms with Crippen molar-refractivity contribution in [3.63, 3.8) is 0 Å². The molecule has 1 rings (SSSR count). The Morgan fingerprint density at radius 1 is 1.42 bits per heavy atom. The molecule has 1 aromatic carbocycles. The summed E-state index contributed by atoms with van der Waals surface area (Å²) in [6.07, 6.45) is 0.465. The summed E-state index contributed by atoms with van der Waals surface area (Å²) >= 11 is 0. The van der Waals surface area contributed by atoms with Crippen LogP contribution in [0.4, 0.5) is 5.69 Å². The van der Waals surface area contributed by atoms with Gasteiger partial charge < -0.3 is 11.1 Å². The van der Waals surface area contributed by atoms with Crippen LogP contribution in [0.3, 0.4) is 0 Å². The van der Waals surface area contributed by atoms with Crippen molar-refractivity contribution >= 4 is 21.6 Å². The molecular weight excluding hydrogens is 266 g/mol. The Bertz CT molecular complexity index is 594. The van der Waals surface area contributed by atoms with Gasteiger partial charge in [0.15, 0.2) is 0 Å². The molecule has 19 heavy (non-hydrogen) atoms. The monoisotopic (exact) mass is 285 g/mol. The molecule has 0 heterocycles. The van der Waals surface area contributed by atoms with E-state index >= 15 is 0 Å². The van der Waals surface area contributed by atoms with Gasteiger partial charge in [-0.15, -0.1) is 0 Å². The van der Waals surface area contributed by atoms with Gasteiger partial charge in [-0.2, -0.15) is 0 Å². The lowest BCUT2D eigenvalue weighted by atomic mass is 9.99. The normalized spacial score (nSPS) is 14.8. The largest absolute Gasteiger partial charge is 0.324 e. The van der Waals surface area contributed by atoms with E-state index in [1.807, 2.05) is 0 Å². The third kappa shape index (κ3) is 3.76. The van der Waals surface area contributed by atoms with Gasteiger partial charge in [-0.1, -0.05) is 13.0 Å². The van der Waals surface area contributed by atoms with Crippen LogP contribution < -0.4 is 16.2 Å². The number of rotatable bonds is 4. The van der Waals surface area contributed by atoms with Crippen molar-refractivity contribution in [2.24, 2.45) is 10.9 Å². The Labute approximate surface area is 113 Å². The van der Waals surface area contributed by atoms with Crippen molar-refractivity contribution in [1.29, 1.82) is 0 Å². The molecule has 0 spiro atoms. The Kier molecular flexibility index (Phi) is 4.34. The summed E-state index contributed by atoms with van der Waals surface area (Å²) in [6.45, 7) is 5.03. The number of nitrogens with two attached hydrogens (primary N) is 2. The number of sulfonamides is 1. The zero-order valence-electron chi connectivity index (χ0n) is 11.2. The molecule has 0 saturated heterocycles. The fourth-order valence-electron chi connectivity index (χ4n) is 1.42. The standard InChI is InChI=1S/C12H19N3O3S/c1-4-12(3,13)11(16)15-9-6-5-8(2)10(7-9)19(14,17)18/h5-7H,4,13H2,1-3H3,(H,15,16)(H2,14,17,18). The maximum atomic E-state index is 11.9. The average Bonchev–Trinajstić information content (AvgIpc) is 2.30. The first-order chi connectivity index (χ1) is 8.58. The SMILES string of the molecule is CCC(C)(N)C(=O)Nc1ccc(C)c(S(N)(=O)=O)c1. The van der Waals surface area contributed by atoms with E-state index in [2.05, 4.69) is 5.32 Å². The molecule has 0 saturated carbocycles. The minimum Gasteiger partial charge on any atom is -0.324 e. The van der Waals surface area contributed by atoms with Gasteiger partial charge in [0.25, 0.3) is 0 Å². The first-order valence-electron chi connectivity index (χ1n) is 5.81. The molecule has 0 radical (unpaired) electrons. The molecule has 1 atom stereocenters. The highest BCUT2D eigenvalue weighted by molar-refractivity contribution is 7.89. The summed E-state index contributed by atoms with van der Waals surface area (Å²) in [7, 11) is -3.82. The van der Waals surface area contributed by atoms with Gasteiger partial charge >= 0.3 is 0 Å². The van der Waals surface area contributed by atoms with E-state index in [1.165, 1.54) is 6.07 Å². The number of carbonyl (C=O) groups excluding carboxylic acids is 1. The van der Waals surface area contributed by atoms with Crippen LogP contribution in [0.5, 0.6) is 0 Å². The van der Waals surface area contributed by atoms with Crippen molar-refractivity contribution in [3.05, 3.63) is 23.8 Å². The zero-order valence-corrected chi connectivity index (χ0v) is 12.0. The van der Waals surface area contributed by atoms with E-state index in [1.54, 1.807) is 32.9 Å². The van der Waals surface area contributed by atoms with Crippen LogP contribution >= 0.6 is 0 Å². The van der Waals surface area contributed by atoms with E-state index in [0.717, 1.165) is 0 Å². The molecule has 0 aromatic heterocycles. The summed E-state index contributed by atoms with van der Waals surface area (Å²) in [4.78, 5) is 11.9. The van der Waals surface area contributed by atoms with Crippen LogP contribution in [0.25, 0.3) is 0 Å². The Morgan fingerprint density at radius 3 is 2.47 bits per heavy atom. The van der Waals surface area contributed by atoms with Gasteiger partial charge in [0.05, 0.1) is 10.4 Å². The second-order valence-corrected chi connectivity index (χ2v) is 6.28. The molecule has 0 aliphatic heterocycles. The van der Waals surface area contributed by atoms with E-state index in [4.69, 9.17) is 10.9 Å². The van der Waals surface area contributed by atoms with Crippen LogP contribution in [-0.4, -0.2) is 19.9 Å². The van der Waals surface area contributed by atoms with Crippen molar-refractivity contribution < 1.29 is 13.2 Å². The molecule has 0 aliphatic carbocycles. The number of primary sulfonamides is 1. The highest BCUT2D eigenvalue weighted by Gasteiger charge is 2.26. The third-order valence-corrected chi connectivity index (χ3v) is 4.06. The Balaban J connectivity index is 3.09. The maximum Gasteiger partial charge on any atom is 0.244 e. The second kappa shape index (κ2) is 5.28. The summed E-state index contributed by atoms with van der Waals surface area (Å²) in [6, 6.07) is 4.51. The molecule has 0 fully saturated rings. The molecule has 0 bridgehead atoms. The molecule has 0 aliphatic rings. The topological polar surface area (TPSA) is 115 Å². The van der Waals surface area contributed by atoms with Gasteiger partial charge in [0.1, 0.15) is 0 Å². The molecule has 7 heteroatoms. The van der Waals surface area contributed by atoms with E-state index < -0.39 is 15.6 Å². The van der Waals surface area contributed by atoms with Crippen molar-refractivity contribution in [1.82, 2.24) is 0 Å². The average molecular weight is 285 g/mol. The minimum atomic E-state index is -3.82. The van der Waals surface area contributed by atoms with Gasteiger partial charge in [-0.05, 0) is 38.0 Å². The maximum absolute atomic E-state index is 11.9. The van der Waals surface area contributed by atoms with E-state index in [0.29, 0.717) is 17.7 Å². The predicted octanol–water partition coefficient (Wildman–Crippen LogP) is 0.708. The number of benzene rings is 1. The molecule has 1 unspecified atom stereocenters. The van der Waals surface area contributed by atoms with Gasteiger partial charge in [-0.25, -0.2) is 13.6 Å². The third-order valence-electron chi connectivity index (χ3n) is 3.01. The lowest BCUT2D eigenvalue weighted by molar-refractivity contribution is -0.120.